The Bertz CT molecular complexity index is 498. The van der Waals surface area contributed by atoms with Crippen molar-refractivity contribution >= 4 is 5.78 Å². The Hall–Kier alpha value is -1.71. The largest absolute Gasteiger partial charge is 0.349 e. The van der Waals surface area contributed by atoms with Crippen LogP contribution in [0.25, 0.3) is 0 Å². The van der Waals surface area contributed by atoms with Gasteiger partial charge in [0.15, 0.2) is 11.6 Å². The van der Waals surface area contributed by atoms with Gasteiger partial charge in [0, 0.05) is 32.1 Å². The van der Waals surface area contributed by atoms with Gasteiger partial charge in [-0.15, -0.1) is 0 Å². The molecule has 1 atom stereocenters. The summed E-state index contributed by atoms with van der Waals surface area (Å²) in [6, 6.07) is 9.36. The smallest absolute Gasteiger partial charge is 0.193 e. The van der Waals surface area contributed by atoms with Crippen molar-refractivity contribution in [2.75, 3.05) is 14.2 Å². The van der Waals surface area contributed by atoms with Gasteiger partial charge < -0.3 is 9.47 Å². The first-order valence-electron chi connectivity index (χ1n) is 6.76. The van der Waals surface area contributed by atoms with Gasteiger partial charge in [-0.05, 0) is 12.5 Å². The van der Waals surface area contributed by atoms with Crippen LogP contribution in [-0.4, -0.2) is 25.8 Å². The predicted octanol–water partition coefficient (Wildman–Crippen LogP) is 3.38. The van der Waals surface area contributed by atoms with Crippen molar-refractivity contribution in [1.82, 2.24) is 0 Å². The van der Waals surface area contributed by atoms with Gasteiger partial charge in [0.05, 0.1) is 0 Å². The molecule has 106 valence electrons. The van der Waals surface area contributed by atoms with E-state index in [1.54, 1.807) is 14.2 Å². The Morgan fingerprint density at radius 3 is 2.50 bits per heavy atom. The quantitative estimate of drug-likeness (QED) is 0.588. The molecule has 0 saturated heterocycles. The number of carbonyl (C=O) groups is 1. The van der Waals surface area contributed by atoms with Crippen LogP contribution in [0, 0.1) is 5.92 Å². The van der Waals surface area contributed by atoms with Gasteiger partial charge in [0.2, 0.25) is 0 Å². The summed E-state index contributed by atoms with van der Waals surface area (Å²) in [6.45, 7) is 0. The fraction of sp³-hybridized carbons (Fsp3) is 0.353. The molecular formula is C17H20O3. The second-order valence-electron chi connectivity index (χ2n) is 4.81. The van der Waals surface area contributed by atoms with Crippen molar-refractivity contribution < 1.29 is 14.3 Å². The van der Waals surface area contributed by atoms with Crippen molar-refractivity contribution in [3.63, 3.8) is 0 Å². The molecule has 3 heteroatoms. The molecule has 0 aliphatic heterocycles. The third kappa shape index (κ3) is 3.06. The summed E-state index contributed by atoms with van der Waals surface area (Å²) >= 11 is 0. The molecule has 1 aliphatic carbocycles. The van der Waals surface area contributed by atoms with E-state index in [4.69, 9.17) is 9.47 Å². The van der Waals surface area contributed by atoms with Crippen LogP contribution >= 0.6 is 0 Å². The Morgan fingerprint density at radius 1 is 1.15 bits per heavy atom. The molecule has 3 nitrogen and oxygen atoms in total. The number of ketones is 1. The number of benzene rings is 1. The van der Waals surface area contributed by atoms with E-state index in [0.717, 1.165) is 5.56 Å². The van der Waals surface area contributed by atoms with Crippen LogP contribution in [0.5, 0.6) is 0 Å². The van der Waals surface area contributed by atoms with Crippen molar-refractivity contribution in [2.45, 2.75) is 18.6 Å². The van der Waals surface area contributed by atoms with Gasteiger partial charge >= 0.3 is 0 Å². The van der Waals surface area contributed by atoms with E-state index in [0.29, 0.717) is 12.8 Å². The zero-order valence-electron chi connectivity index (χ0n) is 11.9. The van der Waals surface area contributed by atoms with Crippen LogP contribution in [0.3, 0.4) is 0 Å². The van der Waals surface area contributed by atoms with Crippen molar-refractivity contribution in [3.8, 4) is 0 Å². The number of rotatable bonds is 6. The molecule has 1 aromatic rings. The fourth-order valence-electron chi connectivity index (χ4n) is 2.52. The molecule has 1 unspecified atom stereocenters. The monoisotopic (exact) mass is 272 g/mol. The third-order valence-electron chi connectivity index (χ3n) is 3.72. The lowest BCUT2D eigenvalue weighted by Gasteiger charge is -2.35. The number of methoxy groups -OCH3 is 2. The van der Waals surface area contributed by atoms with Crippen LogP contribution in [0.1, 0.15) is 23.2 Å². The SMILES string of the molecule is COC1(OC)C=CC=CC1CCC(=O)c1ccccc1. The molecule has 0 fully saturated rings. The summed E-state index contributed by atoms with van der Waals surface area (Å²) in [5.41, 5.74) is 0.753. The van der Waals surface area contributed by atoms with Crippen LogP contribution in [0.4, 0.5) is 0 Å². The van der Waals surface area contributed by atoms with Gasteiger partial charge in [0.1, 0.15) is 0 Å². The maximum Gasteiger partial charge on any atom is 0.193 e. The minimum Gasteiger partial charge on any atom is -0.349 e. The molecule has 0 aromatic heterocycles. The summed E-state index contributed by atoms with van der Waals surface area (Å²) in [4.78, 5) is 12.2. The molecule has 1 aliphatic rings. The Kier molecular flexibility index (Phi) is 4.88. The normalized spacial score (nSPS) is 20.0. The lowest BCUT2D eigenvalue weighted by Crippen LogP contribution is -2.40. The average molecular weight is 272 g/mol. The van der Waals surface area contributed by atoms with E-state index in [1.165, 1.54) is 0 Å². The number of ether oxygens (including phenoxy) is 2. The molecule has 0 heterocycles. The third-order valence-corrected chi connectivity index (χ3v) is 3.72. The first-order valence-corrected chi connectivity index (χ1v) is 6.76. The Balaban J connectivity index is 2.01. The summed E-state index contributed by atoms with van der Waals surface area (Å²) in [5, 5.41) is 0. The summed E-state index contributed by atoms with van der Waals surface area (Å²) < 4.78 is 11.0. The predicted molar refractivity (Wildman–Crippen MR) is 78.5 cm³/mol. The molecule has 0 N–H and O–H groups in total. The highest BCUT2D eigenvalue weighted by Gasteiger charge is 2.36. The molecule has 0 bridgehead atoms. The number of hydrogen-bond donors (Lipinski definition) is 0. The zero-order chi connectivity index (χ0) is 14.4. The molecule has 1 aromatic carbocycles. The standard InChI is InChI=1S/C17H20O3/c1-19-17(20-2)13-7-6-10-15(17)11-12-16(18)14-8-4-3-5-9-14/h3-10,13,15H,11-12H2,1-2H3. The van der Waals surface area contributed by atoms with E-state index in [-0.39, 0.29) is 11.7 Å². The minimum absolute atomic E-state index is 0.0372. The average Bonchev–Trinajstić information content (AvgIpc) is 2.53. The molecule has 0 amide bonds. The van der Waals surface area contributed by atoms with E-state index < -0.39 is 5.79 Å². The van der Waals surface area contributed by atoms with E-state index in [1.807, 2.05) is 54.6 Å². The van der Waals surface area contributed by atoms with Crippen LogP contribution in [0.2, 0.25) is 0 Å². The second kappa shape index (κ2) is 6.64. The molecule has 2 rings (SSSR count). The van der Waals surface area contributed by atoms with Crippen LogP contribution < -0.4 is 0 Å². The molecule has 0 radical (unpaired) electrons. The summed E-state index contributed by atoms with van der Waals surface area (Å²) in [7, 11) is 3.25. The van der Waals surface area contributed by atoms with Crippen molar-refractivity contribution in [1.29, 1.82) is 0 Å². The first-order chi connectivity index (χ1) is 9.72. The van der Waals surface area contributed by atoms with Crippen LogP contribution in [-0.2, 0) is 9.47 Å². The summed E-state index contributed by atoms with van der Waals surface area (Å²) in [6.07, 6.45) is 8.96. The van der Waals surface area contributed by atoms with Crippen molar-refractivity contribution in [3.05, 3.63) is 60.2 Å². The second-order valence-corrected chi connectivity index (χ2v) is 4.81. The number of allylic oxidation sites excluding steroid dienone is 2. The Morgan fingerprint density at radius 2 is 1.85 bits per heavy atom. The maximum absolute atomic E-state index is 12.2. The number of hydrogen-bond acceptors (Lipinski definition) is 3. The maximum atomic E-state index is 12.2. The highest BCUT2D eigenvalue weighted by atomic mass is 16.7. The van der Waals surface area contributed by atoms with Crippen LogP contribution in [0.15, 0.2) is 54.6 Å². The lowest BCUT2D eigenvalue weighted by atomic mass is 9.88. The van der Waals surface area contributed by atoms with Gasteiger partial charge in [-0.25, -0.2) is 0 Å². The molecule has 0 spiro atoms. The van der Waals surface area contributed by atoms with Gasteiger partial charge in [-0.2, -0.15) is 0 Å². The van der Waals surface area contributed by atoms with Crippen molar-refractivity contribution in [2.24, 2.45) is 5.92 Å². The molecule has 20 heavy (non-hydrogen) atoms. The molecular weight excluding hydrogens is 252 g/mol. The first kappa shape index (κ1) is 14.7. The molecule has 0 saturated carbocycles. The van der Waals surface area contributed by atoms with Gasteiger partial charge in [-0.3, -0.25) is 4.79 Å². The number of Topliss-reactive ketones (excluding diaryl/α,β-unsaturated/α-hetero) is 1. The topological polar surface area (TPSA) is 35.5 Å². The van der Waals surface area contributed by atoms with E-state index >= 15 is 0 Å². The zero-order valence-corrected chi connectivity index (χ0v) is 11.9. The summed E-state index contributed by atoms with van der Waals surface area (Å²) in [5.74, 6) is -0.573. The fourth-order valence-corrected chi connectivity index (χ4v) is 2.52. The Labute approximate surface area is 119 Å². The van der Waals surface area contributed by atoms with E-state index in [9.17, 15) is 4.79 Å². The highest BCUT2D eigenvalue weighted by Crippen LogP contribution is 2.32. The minimum atomic E-state index is -0.758. The van der Waals surface area contributed by atoms with E-state index in [2.05, 4.69) is 0 Å². The van der Waals surface area contributed by atoms with Gasteiger partial charge in [0.25, 0.3) is 0 Å². The highest BCUT2D eigenvalue weighted by molar-refractivity contribution is 5.95. The van der Waals surface area contributed by atoms with Gasteiger partial charge in [-0.1, -0.05) is 48.6 Å². The number of carbonyl (C=O) groups excluding carboxylic acids is 1. The lowest BCUT2D eigenvalue weighted by molar-refractivity contribution is -0.196.